The molecule has 161 valence electrons. The lowest BCUT2D eigenvalue weighted by Crippen LogP contribution is -2.11. The highest BCUT2D eigenvalue weighted by Crippen LogP contribution is 2.35. The summed E-state index contributed by atoms with van der Waals surface area (Å²) in [7, 11) is 0. The van der Waals surface area contributed by atoms with E-state index in [-0.39, 0.29) is 0 Å². The van der Waals surface area contributed by atoms with Gasteiger partial charge in [-0.25, -0.2) is 4.98 Å². The van der Waals surface area contributed by atoms with Gasteiger partial charge in [-0.3, -0.25) is 0 Å². The molecule has 34 heavy (non-hydrogen) atoms. The molecule has 0 saturated heterocycles. The molecule has 0 aliphatic rings. The molecule has 1 radical (unpaired) electrons. The van der Waals surface area contributed by atoms with Gasteiger partial charge in [0.2, 0.25) is 5.89 Å². The summed E-state index contributed by atoms with van der Waals surface area (Å²) >= 11 is -0.799. The summed E-state index contributed by atoms with van der Waals surface area (Å²) in [6, 6.07) is 38.3. The number of benzene rings is 5. The van der Waals surface area contributed by atoms with Crippen LogP contribution in [0.2, 0.25) is 0 Å². The second-order valence-electron chi connectivity index (χ2n) is 7.84. The van der Waals surface area contributed by atoms with Crippen molar-refractivity contribution in [2.24, 2.45) is 0 Å². The summed E-state index contributed by atoms with van der Waals surface area (Å²) in [6.07, 6.45) is 0. The van der Waals surface area contributed by atoms with Crippen LogP contribution in [0.1, 0.15) is 0 Å². The van der Waals surface area contributed by atoms with E-state index in [0.29, 0.717) is 11.6 Å². The molecule has 0 aliphatic carbocycles. The Morgan fingerprint density at radius 2 is 1.26 bits per heavy atom. The van der Waals surface area contributed by atoms with Crippen molar-refractivity contribution in [1.82, 2.24) is 4.98 Å². The van der Waals surface area contributed by atoms with Crippen molar-refractivity contribution in [2.45, 2.75) is 0 Å². The average Bonchev–Trinajstić information content (AvgIpc) is 3.34. The summed E-state index contributed by atoms with van der Waals surface area (Å²) in [6.45, 7) is 0. The van der Waals surface area contributed by atoms with Gasteiger partial charge in [-0.1, -0.05) is 84.9 Å². The molecule has 0 fully saturated rings. The van der Waals surface area contributed by atoms with Gasteiger partial charge in [0.1, 0.15) is 5.52 Å². The Hall–Kier alpha value is -4.04. The predicted molar refractivity (Wildman–Crippen MR) is 136 cm³/mol. The van der Waals surface area contributed by atoms with Gasteiger partial charge in [0.05, 0.1) is 17.1 Å². The largest absolute Gasteiger partial charge is 0.881 e. The van der Waals surface area contributed by atoms with Gasteiger partial charge >= 0.3 is 15.9 Å². The zero-order valence-corrected chi connectivity index (χ0v) is 19.4. The third kappa shape index (κ3) is 3.93. The van der Waals surface area contributed by atoms with Crippen molar-refractivity contribution in [3.63, 3.8) is 0 Å². The zero-order chi connectivity index (χ0) is 22.7. The standard InChI is InChI=1S/C16H12O.C13H9NO2.Al/c17-16-11-10-13(12-6-2-1-3-7-12)14-8-4-5-9-15(14)16;15-11-7-3-1-5-9(11)13-14-10-6-2-4-8-12(10)16-13;/h1-11,17H;1-8,15H;/q;;+2/p-2. The summed E-state index contributed by atoms with van der Waals surface area (Å²) in [5.74, 6) is 2.03. The van der Waals surface area contributed by atoms with E-state index in [4.69, 9.17) is 12.0 Å². The first-order chi connectivity index (χ1) is 16.9. The molecule has 0 atom stereocenters. The van der Waals surface area contributed by atoms with Gasteiger partial charge in [-0.15, -0.1) is 0 Å². The van der Waals surface area contributed by atoms with E-state index in [1.165, 1.54) is 11.1 Å². The maximum Gasteiger partial charge on any atom is 0.881 e. The molecule has 0 spiro atoms. The lowest BCUT2D eigenvalue weighted by atomic mass is 9.98. The molecule has 1 aromatic heterocycles. The number of hydrogen-bond acceptors (Lipinski definition) is 4. The van der Waals surface area contributed by atoms with Crippen LogP contribution in [0.3, 0.4) is 0 Å². The summed E-state index contributed by atoms with van der Waals surface area (Å²) < 4.78 is 18.2. The molecule has 6 aromatic rings. The second kappa shape index (κ2) is 9.07. The Morgan fingerprint density at radius 1 is 0.559 bits per heavy atom. The van der Waals surface area contributed by atoms with E-state index in [2.05, 4.69) is 53.5 Å². The second-order valence-corrected chi connectivity index (χ2v) is 8.50. The van der Waals surface area contributed by atoms with E-state index in [1.807, 2.05) is 66.7 Å². The summed E-state index contributed by atoms with van der Waals surface area (Å²) in [5, 5.41) is 2.21. The van der Waals surface area contributed by atoms with Crippen LogP contribution >= 0.6 is 0 Å². The van der Waals surface area contributed by atoms with Gasteiger partial charge in [0.15, 0.2) is 5.58 Å². The van der Waals surface area contributed by atoms with Crippen LogP contribution in [-0.4, -0.2) is 20.9 Å². The number of fused-ring (bicyclic) bond motifs is 2. The SMILES string of the molecule is c1ccc(-c2ccc([O][Al][O]c3ccccc3-c3nc4ccccc4o3)c3ccccc23)cc1. The van der Waals surface area contributed by atoms with Crippen molar-refractivity contribution in [3.8, 4) is 34.1 Å². The van der Waals surface area contributed by atoms with Crippen LogP contribution in [0.15, 0.2) is 120 Å². The molecule has 5 aromatic carbocycles. The van der Waals surface area contributed by atoms with Gasteiger partial charge in [0.25, 0.3) is 0 Å². The maximum absolute atomic E-state index is 6.17. The molecule has 0 N–H and O–H groups in total. The lowest BCUT2D eigenvalue weighted by molar-refractivity contribution is 0.461. The van der Waals surface area contributed by atoms with E-state index in [1.54, 1.807) is 0 Å². The Kier molecular flexibility index (Phi) is 5.49. The van der Waals surface area contributed by atoms with Crippen molar-refractivity contribution in [1.29, 1.82) is 0 Å². The third-order valence-electron chi connectivity index (χ3n) is 5.73. The van der Waals surface area contributed by atoms with Crippen LogP contribution in [0, 0.1) is 0 Å². The Balaban J connectivity index is 1.26. The maximum atomic E-state index is 6.17. The molecule has 0 aliphatic heterocycles. The fraction of sp³-hybridized carbons (Fsp3) is 0. The molecule has 6 rings (SSSR count). The van der Waals surface area contributed by atoms with Gasteiger partial charge < -0.3 is 12.0 Å². The van der Waals surface area contributed by atoms with Gasteiger partial charge in [0, 0.05) is 5.39 Å². The number of para-hydroxylation sites is 3. The lowest BCUT2D eigenvalue weighted by Gasteiger charge is -2.14. The highest BCUT2D eigenvalue weighted by molar-refractivity contribution is 6.22. The van der Waals surface area contributed by atoms with Crippen LogP contribution in [0.5, 0.6) is 11.5 Å². The van der Waals surface area contributed by atoms with Gasteiger partial charge in [-0.05, 0) is 46.8 Å². The number of hydrogen-bond donors (Lipinski definition) is 0. The normalized spacial score (nSPS) is 10.9. The molecule has 0 saturated carbocycles. The Bertz CT molecular complexity index is 1560. The van der Waals surface area contributed by atoms with Crippen molar-refractivity contribution < 1.29 is 12.0 Å². The third-order valence-corrected chi connectivity index (χ3v) is 6.43. The first-order valence-electron chi connectivity index (χ1n) is 11.0. The zero-order valence-electron chi connectivity index (χ0n) is 18.2. The van der Waals surface area contributed by atoms with Crippen LogP contribution < -0.4 is 7.58 Å². The number of nitrogens with zero attached hydrogens (tertiary/aromatic N) is 1. The van der Waals surface area contributed by atoms with Crippen molar-refractivity contribution in [2.75, 3.05) is 0 Å². The minimum atomic E-state index is -0.799. The minimum Gasteiger partial charge on any atom is -0.615 e. The molecular formula is C29H19AlNO3. The molecule has 0 amide bonds. The van der Waals surface area contributed by atoms with E-state index in [9.17, 15) is 0 Å². The first kappa shape index (κ1) is 20.6. The predicted octanol–water partition coefficient (Wildman–Crippen LogP) is 7.31. The molecule has 5 heteroatoms. The number of aromatic nitrogens is 1. The van der Waals surface area contributed by atoms with Crippen LogP contribution in [0.4, 0.5) is 0 Å². The average molecular weight is 456 g/mol. The topological polar surface area (TPSA) is 44.5 Å². The summed E-state index contributed by atoms with van der Waals surface area (Å²) in [5.41, 5.74) is 4.74. The van der Waals surface area contributed by atoms with Crippen LogP contribution in [-0.2, 0) is 0 Å². The molecular weight excluding hydrogens is 437 g/mol. The highest BCUT2D eigenvalue weighted by Gasteiger charge is 2.16. The molecule has 0 unspecified atom stereocenters. The number of rotatable bonds is 6. The fourth-order valence-corrected chi connectivity index (χ4v) is 4.77. The van der Waals surface area contributed by atoms with E-state index in [0.717, 1.165) is 33.2 Å². The monoisotopic (exact) mass is 456 g/mol. The molecule has 0 bridgehead atoms. The smallest absolute Gasteiger partial charge is 0.615 e. The Morgan fingerprint density at radius 3 is 2.15 bits per heavy atom. The molecule has 4 nitrogen and oxygen atoms in total. The Labute approximate surface area is 203 Å². The molecule has 1 heterocycles. The quantitative estimate of drug-likeness (QED) is 0.247. The fourth-order valence-electron chi connectivity index (χ4n) is 4.10. The van der Waals surface area contributed by atoms with Gasteiger partial charge in [-0.2, -0.15) is 0 Å². The van der Waals surface area contributed by atoms with E-state index >= 15 is 0 Å². The highest BCUT2D eigenvalue weighted by atomic mass is 27.2. The number of oxazole rings is 1. The summed E-state index contributed by atoms with van der Waals surface area (Å²) in [4.78, 5) is 4.61. The first-order valence-corrected chi connectivity index (χ1v) is 12.0. The van der Waals surface area contributed by atoms with Crippen molar-refractivity contribution >= 4 is 37.8 Å². The van der Waals surface area contributed by atoms with Crippen LogP contribution in [0.25, 0.3) is 44.5 Å². The van der Waals surface area contributed by atoms with Crippen molar-refractivity contribution in [3.05, 3.63) is 115 Å². The van der Waals surface area contributed by atoms with E-state index < -0.39 is 15.9 Å². The minimum absolute atomic E-state index is 0.536.